The third-order valence-corrected chi connectivity index (χ3v) is 4.99. The van der Waals surface area contributed by atoms with Crippen molar-refractivity contribution in [1.82, 2.24) is 9.29 Å². The van der Waals surface area contributed by atoms with Gasteiger partial charge < -0.3 is 9.72 Å². The lowest BCUT2D eigenvalue weighted by atomic mass is 10.0. The molecule has 6 nitrogen and oxygen atoms in total. The molecule has 1 atom stereocenters. The van der Waals surface area contributed by atoms with E-state index >= 15 is 0 Å². The van der Waals surface area contributed by atoms with Gasteiger partial charge >= 0.3 is 5.97 Å². The fraction of sp³-hybridized carbons (Fsp3) is 0.545. The molecule has 1 aliphatic heterocycles. The van der Waals surface area contributed by atoms with Crippen LogP contribution >= 0.6 is 0 Å². The molecule has 1 aromatic rings. The lowest BCUT2D eigenvalue weighted by Gasteiger charge is -2.30. The van der Waals surface area contributed by atoms with E-state index in [0.29, 0.717) is 19.4 Å². The molecule has 18 heavy (non-hydrogen) atoms. The summed E-state index contributed by atoms with van der Waals surface area (Å²) in [6, 6.07) is 1.51. The van der Waals surface area contributed by atoms with Gasteiger partial charge in [0.05, 0.1) is 17.9 Å². The summed E-state index contributed by atoms with van der Waals surface area (Å²) in [4.78, 5) is 14.4. The third kappa shape index (κ3) is 2.41. The number of esters is 1. The zero-order chi connectivity index (χ0) is 13.2. The van der Waals surface area contributed by atoms with Gasteiger partial charge in [-0.15, -0.1) is 0 Å². The molecule has 1 saturated heterocycles. The molecule has 0 aromatic carbocycles. The maximum absolute atomic E-state index is 12.3. The minimum Gasteiger partial charge on any atom is -0.469 e. The summed E-state index contributed by atoms with van der Waals surface area (Å²) in [6.45, 7) is 0.640. The molecule has 0 spiro atoms. The van der Waals surface area contributed by atoms with Gasteiger partial charge in [0.25, 0.3) is 0 Å². The topological polar surface area (TPSA) is 79.5 Å². The molecule has 7 heteroatoms. The summed E-state index contributed by atoms with van der Waals surface area (Å²) < 4.78 is 30.5. The van der Waals surface area contributed by atoms with E-state index in [1.54, 1.807) is 6.20 Å². The fourth-order valence-electron chi connectivity index (χ4n) is 2.14. The third-order valence-electron chi connectivity index (χ3n) is 3.13. The highest BCUT2D eigenvalue weighted by atomic mass is 32.2. The average Bonchev–Trinajstić information content (AvgIpc) is 2.92. The molecular formula is C11H16N2O4S. The number of hydrogen-bond donors (Lipinski definition) is 1. The number of hydrogen-bond acceptors (Lipinski definition) is 4. The molecule has 0 bridgehead atoms. The second kappa shape index (κ2) is 5.11. The van der Waals surface area contributed by atoms with E-state index in [1.165, 1.54) is 23.7 Å². The van der Waals surface area contributed by atoms with Crippen LogP contribution in [0.4, 0.5) is 0 Å². The number of nitrogens with one attached hydrogen (secondary N) is 1. The van der Waals surface area contributed by atoms with E-state index in [4.69, 9.17) is 0 Å². The van der Waals surface area contributed by atoms with Crippen LogP contribution in [0, 0.1) is 5.92 Å². The fourth-order valence-corrected chi connectivity index (χ4v) is 3.64. The first-order chi connectivity index (χ1) is 8.55. The molecule has 1 N–H and O–H groups in total. The van der Waals surface area contributed by atoms with Gasteiger partial charge in [0, 0.05) is 25.5 Å². The highest BCUT2D eigenvalue weighted by Crippen LogP contribution is 2.24. The molecule has 2 heterocycles. The molecule has 0 aliphatic carbocycles. The largest absolute Gasteiger partial charge is 0.469 e. The molecular weight excluding hydrogens is 256 g/mol. The first kappa shape index (κ1) is 13.1. The molecule has 1 aliphatic rings. The standard InChI is InChI=1S/C11H16N2O4S/c1-17-11(14)9-3-2-6-13(8-9)18(15,16)10-4-5-12-7-10/h4-5,7,9,12H,2-3,6,8H2,1H3. The van der Waals surface area contributed by atoms with Gasteiger partial charge in [0.1, 0.15) is 0 Å². The highest BCUT2D eigenvalue weighted by Gasteiger charge is 2.33. The summed E-state index contributed by atoms with van der Waals surface area (Å²) in [5.74, 6) is -0.707. The summed E-state index contributed by atoms with van der Waals surface area (Å²) >= 11 is 0. The van der Waals surface area contributed by atoms with Gasteiger partial charge in [-0.2, -0.15) is 4.31 Å². The number of nitrogens with zero attached hydrogens (tertiary/aromatic N) is 1. The number of rotatable bonds is 3. The van der Waals surface area contributed by atoms with Crippen molar-refractivity contribution in [2.24, 2.45) is 5.92 Å². The quantitative estimate of drug-likeness (QED) is 0.817. The molecule has 1 aromatic heterocycles. The van der Waals surface area contributed by atoms with Crippen molar-refractivity contribution in [2.45, 2.75) is 17.7 Å². The van der Waals surface area contributed by atoms with Crippen molar-refractivity contribution in [3.05, 3.63) is 18.5 Å². The van der Waals surface area contributed by atoms with Crippen LogP contribution in [-0.2, 0) is 19.6 Å². The molecule has 1 unspecified atom stereocenters. The molecule has 2 rings (SSSR count). The second-order valence-electron chi connectivity index (χ2n) is 4.27. The number of carbonyl (C=O) groups excluding carboxylic acids is 1. The Hall–Kier alpha value is -1.34. The van der Waals surface area contributed by atoms with Gasteiger partial charge in [-0.05, 0) is 18.9 Å². The Labute approximate surface area is 106 Å². The average molecular weight is 272 g/mol. The van der Waals surface area contributed by atoms with Crippen LogP contribution in [0.1, 0.15) is 12.8 Å². The van der Waals surface area contributed by atoms with E-state index < -0.39 is 10.0 Å². The number of carbonyl (C=O) groups is 1. The van der Waals surface area contributed by atoms with Crippen LogP contribution < -0.4 is 0 Å². The molecule has 1 fully saturated rings. The van der Waals surface area contributed by atoms with Crippen LogP contribution in [0.5, 0.6) is 0 Å². The van der Waals surface area contributed by atoms with Crippen LogP contribution in [0.25, 0.3) is 0 Å². The molecule has 100 valence electrons. The van der Waals surface area contributed by atoms with Crippen molar-refractivity contribution >= 4 is 16.0 Å². The Bertz CT molecular complexity index is 509. The van der Waals surface area contributed by atoms with Crippen LogP contribution in [0.3, 0.4) is 0 Å². The van der Waals surface area contributed by atoms with E-state index in [9.17, 15) is 13.2 Å². The Kier molecular flexibility index (Phi) is 3.72. The minimum atomic E-state index is -3.50. The van der Waals surface area contributed by atoms with Crippen LogP contribution in [0.2, 0.25) is 0 Å². The van der Waals surface area contributed by atoms with Gasteiger partial charge in [0.15, 0.2) is 0 Å². The molecule has 0 radical (unpaired) electrons. The zero-order valence-electron chi connectivity index (χ0n) is 10.1. The molecule has 0 amide bonds. The van der Waals surface area contributed by atoms with Crippen molar-refractivity contribution < 1.29 is 17.9 Å². The SMILES string of the molecule is COC(=O)C1CCCN(S(=O)(=O)c2cc[nH]c2)C1. The van der Waals surface area contributed by atoms with Crippen LogP contribution in [-0.4, -0.2) is 43.9 Å². The van der Waals surface area contributed by atoms with Gasteiger partial charge in [-0.25, -0.2) is 8.42 Å². The first-order valence-electron chi connectivity index (χ1n) is 5.76. The summed E-state index contributed by atoms with van der Waals surface area (Å²) in [6.07, 6.45) is 4.35. The number of piperidine rings is 1. The van der Waals surface area contributed by atoms with E-state index in [1.807, 2.05) is 0 Å². The maximum Gasteiger partial charge on any atom is 0.309 e. The zero-order valence-corrected chi connectivity index (χ0v) is 10.9. The predicted molar refractivity (Wildman–Crippen MR) is 64.3 cm³/mol. The Balaban J connectivity index is 2.17. The monoisotopic (exact) mass is 272 g/mol. The summed E-state index contributed by atoms with van der Waals surface area (Å²) in [5, 5.41) is 0. The number of ether oxygens (including phenoxy) is 1. The first-order valence-corrected chi connectivity index (χ1v) is 7.20. The minimum absolute atomic E-state index is 0.195. The van der Waals surface area contributed by atoms with E-state index in [0.717, 1.165) is 0 Å². The maximum atomic E-state index is 12.3. The number of aromatic amines is 1. The van der Waals surface area contributed by atoms with E-state index in [2.05, 4.69) is 9.72 Å². The van der Waals surface area contributed by atoms with Gasteiger partial charge in [0.2, 0.25) is 10.0 Å². The van der Waals surface area contributed by atoms with Crippen molar-refractivity contribution in [3.63, 3.8) is 0 Å². The Morgan fingerprint density at radius 3 is 2.94 bits per heavy atom. The highest BCUT2D eigenvalue weighted by molar-refractivity contribution is 7.89. The predicted octanol–water partition coefficient (Wildman–Crippen LogP) is 0.588. The Morgan fingerprint density at radius 1 is 1.56 bits per heavy atom. The van der Waals surface area contributed by atoms with Crippen molar-refractivity contribution in [1.29, 1.82) is 0 Å². The van der Waals surface area contributed by atoms with Crippen molar-refractivity contribution in [3.8, 4) is 0 Å². The lowest BCUT2D eigenvalue weighted by molar-refractivity contribution is -0.146. The Morgan fingerprint density at radius 2 is 2.33 bits per heavy atom. The molecule has 0 saturated carbocycles. The number of methoxy groups -OCH3 is 1. The lowest BCUT2D eigenvalue weighted by Crippen LogP contribution is -2.42. The normalized spacial score (nSPS) is 21.7. The smallest absolute Gasteiger partial charge is 0.309 e. The van der Waals surface area contributed by atoms with E-state index in [-0.39, 0.29) is 23.3 Å². The second-order valence-corrected chi connectivity index (χ2v) is 6.21. The number of aromatic nitrogens is 1. The van der Waals surface area contributed by atoms with Crippen molar-refractivity contribution in [2.75, 3.05) is 20.2 Å². The van der Waals surface area contributed by atoms with Gasteiger partial charge in [-0.3, -0.25) is 4.79 Å². The number of H-pyrrole nitrogens is 1. The summed E-state index contributed by atoms with van der Waals surface area (Å²) in [7, 11) is -2.18. The van der Waals surface area contributed by atoms with Crippen LogP contribution in [0.15, 0.2) is 23.4 Å². The summed E-state index contributed by atoms with van der Waals surface area (Å²) in [5.41, 5.74) is 0. The van der Waals surface area contributed by atoms with Gasteiger partial charge in [-0.1, -0.05) is 0 Å². The number of sulfonamides is 1.